The molecular formula is C36H39N7O5S. The molecule has 3 amide bonds. The van der Waals surface area contributed by atoms with E-state index in [1.807, 2.05) is 75.4 Å². The summed E-state index contributed by atoms with van der Waals surface area (Å²) in [5.74, 6) is 0.605. The molecule has 1 aliphatic heterocycles. The van der Waals surface area contributed by atoms with Crippen molar-refractivity contribution in [1.29, 1.82) is 0 Å². The predicted molar refractivity (Wildman–Crippen MR) is 189 cm³/mol. The van der Waals surface area contributed by atoms with Crippen molar-refractivity contribution >= 4 is 44.4 Å². The van der Waals surface area contributed by atoms with Gasteiger partial charge in [0.05, 0.1) is 23.7 Å². The van der Waals surface area contributed by atoms with Crippen molar-refractivity contribution in [2.75, 3.05) is 17.2 Å². The van der Waals surface area contributed by atoms with Crippen molar-refractivity contribution in [2.45, 2.75) is 58.5 Å². The first kappa shape index (κ1) is 33.6. The summed E-state index contributed by atoms with van der Waals surface area (Å²) in [5.41, 5.74) is 2.33. The Balaban J connectivity index is 1.20. The van der Waals surface area contributed by atoms with Crippen LogP contribution in [-0.4, -0.2) is 51.6 Å². The zero-order chi connectivity index (χ0) is 35.0. The number of benzene rings is 3. The average molecular weight is 682 g/mol. The van der Waals surface area contributed by atoms with Crippen LogP contribution in [-0.2, 0) is 33.4 Å². The molecule has 0 aliphatic carbocycles. The number of anilines is 2. The molecule has 2 aromatic heterocycles. The molecule has 3 aromatic carbocycles. The van der Waals surface area contributed by atoms with E-state index >= 15 is 0 Å². The number of nitrogens with zero attached hydrogens (tertiary/aromatic N) is 4. The zero-order valence-electron chi connectivity index (χ0n) is 28.0. The minimum absolute atomic E-state index is 0.0107. The van der Waals surface area contributed by atoms with Gasteiger partial charge in [0, 0.05) is 47.6 Å². The highest BCUT2D eigenvalue weighted by molar-refractivity contribution is 7.88. The van der Waals surface area contributed by atoms with E-state index in [4.69, 9.17) is 9.84 Å². The maximum atomic E-state index is 13.5. The normalized spacial score (nSPS) is 15.6. The molecule has 0 atom stereocenters. The van der Waals surface area contributed by atoms with Gasteiger partial charge in [0.1, 0.15) is 17.1 Å². The predicted octanol–water partition coefficient (Wildman–Crippen LogP) is 5.94. The lowest BCUT2D eigenvalue weighted by Crippen LogP contribution is -2.43. The van der Waals surface area contributed by atoms with Gasteiger partial charge < -0.3 is 10.1 Å². The molecule has 0 saturated carbocycles. The molecule has 0 bridgehead atoms. The zero-order valence-corrected chi connectivity index (χ0v) is 28.8. The molecule has 0 unspecified atom stereocenters. The molecular weight excluding hydrogens is 643 g/mol. The van der Waals surface area contributed by atoms with Gasteiger partial charge in [-0.25, -0.2) is 14.2 Å². The number of fused-ring (bicyclic) bond motifs is 1. The van der Waals surface area contributed by atoms with Crippen LogP contribution in [0.3, 0.4) is 0 Å². The molecule has 0 spiro atoms. The average Bonchev–Trinajstić information content (AvgIpc) is 3.55. The largest absolute Gasteiger partial charge is 0.493 e. The van der Waals surface area contributed by atoms with Crippen LogP contribution in [0.15, 0.2) is 91.3 Å². The Bertz CT molecular complexity index is 2120. The first-order chi connectivity index (χ1) is 23.2. The smallest absolute Gasteiger partial charge is 0.324 e. The summed E-state index contributed by atoms with van der Waals surface area (Å²) in [7, 11) is -3.94. The molecule has 1 fully saturated rings. The van der Waals surface area contributed by atoms with Crippen LogP contribution in [0.4, 0.5) is 16.3 Å². The standard InChI is InChI=1S/C36H39N7O5S/c1-35(2,3)31-22-32(43(40-31)26-12-10-25(11-13-26)23-42-36(4,5)33(44)41-49(42,46)47)39-34(45)38-29-14-15-30(28-9-7-6-8-27(28)29)48-21-18-24-16-19-37-20-17-24/h6-17,19-20,22H,18,21,23H2,1-5H3,(H,41,44)(H2,38,39,45). The second kappa shape index (κ2) is 13.0. The fourth-order valence-electron chi connectivity index (χ4n) is 5.54. The lowest BCUT2D eigenvalue weighted by Gasteiger charge is -2.25. The number of ether oxygens (including phenoxy) is 1. The molecule has 3 N–H and O–H groups in total. The van der Waals surface area contributed by atoms with Gasteiger partial charge in [0.25, 0.3) is 5.91 Å². The van der Waals surface area contributed by atoms with E-state index in [-0.39, 0.29) is 12.0 Å². The fraction of sp³-hybridized carbons (Fsp3) is 0.278. The van der Waals surface area contributed by atoms with Crippen LogP contribution >= 0.6 is 0 Å². The molecule has 254 valence electrons. The molecule has 6 rings (SSSR count). The summed E-state index contributed by atoms with van der Waals surface area (Å²) in [6.07, 6.45) is 4.26. The number of urea groups is 1. The second-order valence-corrected chi connectivity index (χ2v) is 15.0. The number of carbonyl (C=O) groups excluding carboxylic acids is 2. The number of aromatic nitrogens is 3. The third kappa shape index (κ3) is 7.13. The molecule has 13 heteroatoms. The van der Waals surface area contributed by atoms with E-state index in [1.54, 1.807) is 55.2 Å². The number of hydrogen-bond donors (Lipinski definition) is 3. The number of rotatable bonds is 9. The number of hydrogen-bond acceptors (Lipinski definition) is 7. The number of amides is 3. The first-order valence-electron chi connectivity index (χ1n) is 15.9. The van der Waals surface area contributed by atoms with E-state index in [9.17, 15) is 18.0 Å². The van der Waals surface area contributed by atoms with Crippen LogP contribution in [0.1, 0.15) is 51.4 Å². The highest BCUT2D eigenvalue weighted by Gasteiger charge is 2.50. The maximum Gasteiger partial charge on any atom is 0.324 e. The van der Waals surface area contributed by atoms with Crippen molar-refractivity contribution in [3.63, 3.8) is 0 Å². The van der Waals surface area contributed by atoms with Crippen LogP contribution in [0.25, 0.3) is 16.5 Å². The van der Waals surface area contributed by atoms with E-state index in [0.717, 1.165) is 38.5 Å². The number of pyridine rings is 1. The van der Waals surface area contributed by atoms with Gasteiger partial charge in [-0.15, -0.1) is 0 Å². The van der Waals surface area contributed by atoms with Crippen LogP contribution in [0, 0.1) is 0 Å². The van der Waals surface area contributed by atoms with Crippen molar-refractivity contribution < 1.29 is 22.7 Å². The summed E-state index contributed by atoms with van der Waals surface area (Å²) < 4.78 is 36.1. The third-order valence-corrected chi connectivity index (χ3v) is 10.1. The summed E-state index contributed by atoms with van der Waals surface area (Å²) in [4.78, 5) is 29.8. The van der Waals surface area contributed by atoms with E-state index < -0.39 is 27.7 Å². The highest BCUT2D eigenvalue weighted by atomic mass is 32.2. The summed E-state index contributed by atoms with van der Waals surface area (Å²) in [6, 6.07) is 23.9. The highest BCUT2D eigenvalue weighted by Crippen LogP contribution is 2.33. The van der Waals surface area contributed by atoms with Crippen molar-refractivity contribution in [1.82, 2.24) is 23.8 Å². The van der Waals surface area contributed by atoms with E-state index in [1.165, 1.54) is 0 Å². The first-order valence-corrected chi connectivity index (χ1v) is 17.3. The Morgan fingerprint density at radius 1 is 0.918 bits per heavy atom. The second-order valence-electron chi connectivity index (χ2n) is 13.4. The van der Waals surface area contributed by atoms with Crippen molar-refractivity contribution in [3.05, 3.63) is 108 Å². The van der Waals surface area contributed by atoms with Gasteiger partial charge in [-0.1, -0.05) is 57.2 Å². The summed E-state index contributed by atoms with van der Waals surface area (Å²) >= 11 is 0. The third-order valence-electron chi connectivity index (χ3n) is 8.45. The minimum atomic E-state index is -3.94. The Kier molecular flexibility index (Phi) is 8.90. The number of carbonyl (C=O) groups is 2. The van der Waals surface area contributed by atoms with Gasteiger partial charge >= 0.3 is 16.2 Å². The summed E-state index contributed by atoms with van der Waals surface area (Å²) in [6.45, 7) is 9.75. The van der Waals surface area contributed by atoms with Gasteiger partial charge in [0.15, 0.2) is 0 Å². The summed E-state index contributed by atoms with van der Waals surface area (Å²) in [5, 5.41) is 12.5. The Labute approximate surface area is 285 Å². The molecule has 5 aromatic rings. The molecule has 1 saturated heterocycles. The van der Waals surface area contributed by atoms with Gasteiger partial charge in [0.2, 0.25) is 0 Å². The monoisotopic (exact) mass is 681 g/mol. The maximum absolute atomic E-state index is 13.5. The molecule has 3 heterocycles. The van der Waals surface area contributed by atoms with Crippen LogP contribution in [0.5, 0.6) is 5.75 Å². The Morgan fingerprint density at radius 2 is 1.61 bits per heavy atom. The van der Waals surface area contributed by atoms with E-state index in [0.29, 0.717) is 29.4 Å². The lowest BCUT2D eigenvalue weighted by atomic mass is 9.92. The van der Waals surface area contributed by atoms with Crippen molar-refractivity contribution in [3.8, 4) is 11.4 Å². The molecule has 1 aliphatic rings. The van der Waals surface area contributed by atoms with Crippen LogP contribution in [0.2, 0.25) is 0 Å². The van der Waals surface area contributed by atoms with Crippen molar-refractivity contribution in [2.24, 2.45) is 0 Å². The number of nitrogens with one attached hydrogen (secondary N) is 3. The molecule has 0 radical (unpaired) electrons. The topological polar surface area (TPSA) is 148 Å². The van der Waals surface area contributed by atoms with Gasteiger partial charge in [-0.3, -0.25) is 15.1 Å². The van der Waals surface area contributed by atoms with Gasteiger partial charge in [-0.05, 0) is 61.4 Å². The quantitative estimate of drug-likeness (QED) is 0.175. The minimum Gasteiger partial charge on any atom is -0.493 e. The fourth-order valence-corrected chi connectivity index (χ4v) is 7.14. The van der Waals surface area contributed by atoms with Gasteiger partial charge in [-0.2, -0.15) is 17.8 Å². The van der Waals surface area contributed by atoms with Crippen LogP contribution < -0.4 is 20.1 Å². The van der Waals surface area contributed by atoms with E-state index in [2.05, 4.69) is 20.3 Å². The Morgan fingerprint density at radius 3 is 2.27 bits per heavy atom. The molecule has 12 nitrogen and oxygen atoms in total. The Hall–Kier alpha value is -5.27. The molecule has 49 heavy (non-hydrogen) atoms. The SMILES string of the molecule is CC(C)(C)c1cc(NC(=O)Nc2ccc(OCCc3ccncc3)c3ccccc23)n(-c2ccc(CN3C(C)(C)C(=O)NS3(=O)=O)cc2)n1. The lowest BCUT2D eigenvalue weighted by molar-refractivity contribution is -0.125.